The number of carbonyl (C=O) groups excluding carboxylic acids is 1. The van der Waals surface area contributed by atoms with Gasteiger partial charge in [-0.1, -0.05) is 0 Å². The van der Waals surface area contributed by atoms with E-state index in [-0.39, 0.29) is 5.56 Å². The minimum absolute atomic E-state index is 0.108. The van der Waals surface area contributed by atoms with Gasteiger partial charge in [0.05, 0.1) is 24.4 Å². The van der Waals surface area contributed by atoms with Gasteiger partial charge >= 0.3 is 11.9 Å². The Hall–Kier alpha value is -2.51. The molecule has 0 radical (unpaired) electrons. The van der Waals surface area contributed by atoms with Crippen LogP contribution in [0, 0.1) is 0 Å². The number of carbonyl (C=O) groups is 3. The van der Waals surface area contributed by atoms with Crippen molar-refractivity contribution in [3.05, 3.63) is 24.0 Å². The molecule has 0 saturated carbocycles. The zero-order valence-electron chi connectivity index (χ0n) is 8.53. The highest BCUT2D eigenvalue weighted by Gasteiger charge is 2.23. The molecule has 0 fully saturated rings. The molecule has 0 aliphatic heterocycles. The summed E-state index contributed by atoms with van der Waals surface area (Å²) in [6.45, 7) is 0. The highest BCUT2D eigenvalue weighted by molar-refractivity contribution is 5.96. The third kappa shape index (κ3) is 3.86. The summed E-state index contributed by atoms with van der Waals surface area (Å²) in [5.41, 5.74) is 0.108. The van der Waals surface area contributed by atoms with Gasteiger partial charge in [0.15, 0.2) is 0 Å². The maximum atomic E-state index is 11.5. The van der Waals surface area contributed by atoms with E-state index in [1.54, 1.807) is 0 Å². The lowest BCUT2D eigenvalue weighted by Gasteiger charge is -2.11. The molecule has 1 amide bonds. The maximum absolute atomic E-state index is 11.5. The van der Waals surface area contributed by atoms with E-state index >= 15 is 0 Å². The molecule has 1 rings (SSSR count). The largest absolute Gasteiger partial charge is 0.481 e. The number of amides is 1. The first kappa shape index (κ1) is 12.6. The minimum atomic E-state index is -1.48. The summed E-state index contributed by atoms with van der Waals surface area (Å²) >= 11 is 0. The Balaban J connectivity index is 2.71. The van der Waals surface area contributed by atoms with Crippen molar-refractivity contribution in [3.63, 3.8) is 0 Å². The lowest BCUT2D eigenvalue weighted by Crippen LogP contribution is -2.42. The molecule has 0 spiro atoms. The smallest absolute Gasteiger partial charge is 0.326 e. The molecule has 1 heterocycles. The second-order valence-corrected chi connectivity index (χ2v) is 3.09. The van der Waals surface area contributed by atoms with Crippen LogP contribution in [0.1, 0.15) is 16.8 Å². The molecule has 90 valence electrons. The van der Waals surface area contributed by atoms with E-state index in [1.165, 1.54) is 12.3 Å². The van der Waals surface area contributed by atoms with Crippen molar-refractivity contribution in [2.45, 2.75) is 12.5 Å². The molecule has 0 aliphatic carbocycles. The van der Waals surface area contributed by atoms with E-state index in [4.69, 9.17) is 10.2 Å². The lowest BCUT2D eigenvalue weighted by molar-refractivity contribution is -0.145. The van der Waals surface area contributed by atoms with E-state index in [0.717, 1.165) is 6.20 Å². The van der Waals surface area contributed by atoms with E-state index < -0.39 is 30.3 Å². The van der Waals surface area contributed by atoms with Crippen LogP contribution in [0.4, 0.5) is 0 Å². The molecule has 0 bridgehead atoms. The summed E-state index contributed by atoms with van der Waals surface area (Å²) in [7, 11) is 0. The Morgan fingerprint density at radius 2 is 2.00 bits per heavy atom. The molecular formula is C9H9N3O5. The van der Waals surface area contributed by atoms with Crippen LogP contribution >= 0.6 is 0 Å². The average molecular weight is 239 g/mol. The fraction of sp³-hybridized carbons (Fsp3) is 0.222. The number of aliphatic carboxylic acids is 2. The topological polar surface area (TPSA) is 129 Å². The monoisotopic (exact) mass is 239 g/mol. The molecule has 0 aromatic carbocycles. The summed E-state index contributed by atoms with van der Waals surface area (Å²) in [6.07, 6.45) is 1.72. The van der Waals surface area contributed by atoms with Gasteiger partial charge in [-0.2, -0.15) is 10.2 Å². The van der Waals surface area contributed by atoms with Gasteiger partial charge < -0.3 is 15.5 Å². The average Bonchev–Trinajstić information content (AvgIpc) is 2.28. The molecule has 1 aromatic rings. The lowest BCUT2D eigenvalue weighted by atomic mass is 10.2. The predicted molar refractivity (Wildman–Crippen MR) is 53.2 cm³/mol. The van der Waals surface area contributed by atoms with Crippen molar-refractivity contribution in [3.8, 4) is 0 Å². The van der Waals surface area contributed by atoms with Gasteiger partial charge in [0, 0.05) is 0 Å². The zero-order valence-corrected chi connectivity index (χ0v) is 8.53. The van der Waals surface area contributed by atoms with E-state index in [1.807, 2.05) is 0 Å². The molecule has 8 nitrogen and oxygen atoms in total. The van der Waals surface area contributed by atoms with Crippen molar-refractivity contribution in [1.29, 1.82) is 0 Å². The number of nitrogens with one attached hydrogen (secondary N) is 1. The summed E-state index contributed by atoms with van der Waals surface area (Å²) in [5.74, 6) is -3.44. The quantitative estimate of drug-likeness (QED) is 0.609. The van der Waals surface area contributed by atoms with Gasteiger partial charge in [0.25, 0.3) is 5.91 Å². The van der Waals surface area contributed by atoms with Crippen LogP contribution in [0.5, 0.6) is 0 Å². The first-order valence-electron chi connectivity index (χ1n) is 4.53. The fourth-order valence-electron chi connectivity index (χ4n) is 1.04. The normalized spacial score (nSPS) is 11.5. The minimum Gasteiger partial charge on any atom is -0.481 e. The molecule has 0 saturated heterocycles. The standard InChI is InChI=1S/C9H9N3O5/c13-7(14)3-6(9(16)17)12-8(15)5-1-2-10-11-4-5/h1-2,4,6H,3H2,(H,12,15)(H,13,14)(H,16,17)/t6-/m0/s1. The Labute approximate surface area is 95.3 Å². The van der Waals surface area contributed by atoms with Crippen molar-refractivity contribution < 1.29 is 24.6 Å². The maximum Gasteiger partial charge on any atom is 0.326 e. The van der Waals surface area contributed by atoms with Crippen molar-refractivity contribution in [2.24, 2.45) is 0 Å². The SMILES string of the molecule is O=C(O)C[C@H](NC(=O)c1ccnnc1)C(=O)O. The van der Waals surface area contributed by atoms with E-state index in [2.05, 4.69) is 15.5 Å². The number of hydrogen-bond donors (Lipinski definition) is 3. The summed E-state index contributed by atoms with van der Waals surface area (Å²) in [5, 5.41) is 26.2. The summed E-state index contributed by atoms with van der Waals surface area (Å²) < 4.78 is 0. The first-order valence-corrected chi connectivity index (χ1v) is 4.53. The zero-order chi connectivity index (χ0) is 12.8. The molecule has 3 N–H and O–H groups in total. The molecule has 17 heavy (non-hydrogen) atoms. The summed E-state index contributed by atoms with van der Waals surface area (Å²) in [4.78, 5) is 32.6. The van der Waals surface area contributed by atoms with Crippen LogP contribution in [-0.4, -0.2) is 44.3 Å². The summed E-state index contributed by atoms with van der Waals surface area (Å²) in [6, 6.07) is -0.143. The number of carboxylic acids is 2. The first-order chi connectivity index (χ1) is 8.00. The Bertz CT molecular complexity index is 434. The van der Waals surface area contributed by atoms with Crippen molar-refractivity contribution in [1.82, 2.24) is 15.5 Å². The van der Waals surface area contributed by atoms with Gasteiger partial charge in [0.1, 0.15) is 6.04 Å². The van der Waals surface area contributed by atoms with Crippen LogP contribution in [0.3, 0.4) is 0 Å². The third-order valence-electron chi connectivity index (χ3n) is 1.83. The Kier molecular flexibility index (Phi) is 4.09. The van der Waals surface area contributed by atoms with Gasteiger partial charge in [-0.25, -0.2) is 4.79 Å². The molecule has 0 aliphatic rings. The van der Waals surface area contributed by atoms with Crippen LogP contribution in [0.2, 0.25) is 0 Å². The van der Waals surface area contributed by atoms with Crippen molar-refractivity contribution in [2.75, 3.05) is 0 Å². The van der Waals surface area contributed by atoms with Gasteiger partial charge in [-0.15, -0.1) is 0 Å². The number of aromatic nitrogens is 2. The predicted octanol–water partition coefficient (Wildman–Crippen LogP) is -0.866. The second-order valence-electron chi connectivity index (χ2n) is 3.09. The number of carboxylic acid groups (broad SMARTS) is 2. The molecule has 0 unspecified atom stereocenters. The van der Waals surface area contributed by atoms with Gasteiger partial charge in [-0.3, -0.25) is 9.59 Å². The van der Waals surface area contributed by atoms with Gasteiger partial charge in [0.2, 0.25) is 0 Å². The molecular weight excluding hydrogens is 230 g/mol. The molecule has 8 heteroatoms. The van der Waals surface area contributed by atoms with Crippen molar-refractivity contribution >= 4 is 17.8 Å². The van der Waals surface area contributed by atoms with Crippen LogP contribution in [-0.2, 0) is 9.59 Å². The second kappa shape index (κ2) is 5.54. The molecule has 1 aromatic heterocycles. The van der Waals surface area contributed by atoms with Gasteiger partial charge in [-0.05, 0) is 6.07 Å². The van der Waals surface area contributed by atoms with Crippen LogP contribution < -0.4 is 5.32 Å². The van der Waals surface area contributed by atoms with Crippen LogP contribution in [0.25, 0.3) is 0 Å². The number of rotatable bonds is 5. The Morgan fingerprint density at radius 1 is 1.29 bits per heavy atom. The van der Waals surface area contributed by atoms with Crippen LogP contribution in [0.15, 0.2) is 18.5 Å². The fourth-order valence-corrected chi connectivity index (χ4v) is 1.04. The van der Waals surface area contributed by atoms with E-state index in [9.17, 15) is 14.4 Å². The highest BCUT2D eigenvalue weighted by atomic mass is 16.4. The number of hydrogen-bond acceptors (Lipinski definition) is 5. The third-order valence-corrected chi connectivity index (χ3v) is 1.83. The highest BCUT2D eigenvalue weighted by Crippen LogP contribution is 1.98. The Morgan fingerprint density at radius 3 is 2.47 bits per heavy atom. The number of nitrogens with zero attached hydrogens (tertiary/aromatic N) is 2. The van der Waals surface area contributed by atoms with E-state index in [0.29, 0.717) is 0 Å². The molecule has 1 atom stereocenters.